The number of hydrogen-bond acceptors (Lipinski definition) is 5. The summed E-state index contributed by atoms with van der Waals surface area (Å²) < 4.78 is 14.2. The van der Waals surface area contributed by atoms with Crippen molar-refractivity contribution in [3.8, 4) is 0 Å². The highest BCUT2D eigenvalue weighted by atomic mass is 32.2. The highest BCUT2D eigenvalue weighted by molar-refractivity contribution is 7.98. The molecule has 2 heterocycles. The van der Waals surface area contributed by atoms with Crippen LogP contribution < -0.4 is 4.90 Å². The fourth-order valence-corrected chi connectivity index (χ4v) is 4.58. The molecule has 0 saturated carbocycles. The number of fused-ring (bicyclic) bond motifs is 1. The molecule has 0 fully saturated rings. The lowest BCUT2D eigenvalue weighted by atomic mass is 10.2. The molecule has 0 saturated heterocycles. The van der Waals surface area contributed by atoms with Gasteiger partial charge in [0, 0.05) is 18.1 Å². The number of thiazole rings is 1. The summed E-state index contributed by atoms with van der Waals surface area (Å²) in [6, 6.07) is 12.3. The molecule has 0 bridgehead atoms. The SMILES string of the molecule is CC(=O)N(c1nc(CSc2nc3ccc(C)cc3[nH]2)cs1)c1ccccc1F. The minimum absolute atomic E-state index is 0.205. The van der Waals surface area contributed by atoms with Crippen molar-refractivity contribution in [3.05, 3.63) is 64.9 Å². The van der Waals surface area contributed by atoms with E-state index < -0.39 is 5.82 Å². The standard InChI is InChI=1S/C20H17FN4OS2/c1-12-7-8-16-17(9-12)24-19(23-16)27-10-14-11-28-20(22-14)25(13(2)26)18-6-4-3-5-15(18)21/h3-9,11H,10H2,1-2H3,(H,23,24). The van der Waals surface area contributed by atoms with Crippen molar-refractivity contribution in [2.24, 2.45) is 0 Å². The van der Waals surface area contributed by atoms with Gasteiger partial charge in [-0.25, -0.2) is 14.4 Å². The number of amides is 1. The molecule has 2 aromatic carbocycles. The molecular formula is C20H17FN4OS2. The van der Waals surface area contributed by atoms with Crippen molar-refractivity contribution >= 4 is 50.9 Å². The Bertz CT molecular complexity index is 1150. The molecule has 0 spiro atoms. The number of nitrogens with zero attached hydrogens (tertiary/aromatic N) is 3. The van der Waals surface area contributed by atoms with Gasteiger partial charge < -0.3 is 4.98 Å². The van der Waals surface area contributed by atoms with E-state index in [0.717, 1.165) is 21.9 Å². The van der Waals surface area contributed by atoms with Crippen LogP contribution in [0.15, 0.2) is 53.0 Å². The van der Waals surface area contributed by atoms with Gasteiger partial charge in [-0.1, -0.05) is 30.0 Å². The predicted octanol–water partition coefficient (Wildman–Crippen LogP) is 5.44. The normalized spacial score (nSPS) is 11.1. The lowest BCUT2D eigenvalue weighted by Crippen LogP contribution is -2.23. The van der Waals surface area contributed by atoms with Gasteiger partial charge in [-0.3, -0.25) is 9.69 Å². The Kier molecular flexibility index (Phi) is 5.15. The Labute approximate surface area is 169 Å². The molecule has 28 heavy (non-hydrogen) atoms. The van der Waals surface area contributed by atoms with Gasteiger partial charge in [-0.05, 0) is 36.8 Å². The van der Waals surface area contributed by atoms with E-state index in [1.807, 2.05) is 24.4 Å². The average molecular weight is 413 g/mol. The van der Waals surface area contributed by atoms with Crippen molar-refractivity contribution in [2.45, 2.75) is 24.8 Å². The molecule has 4 rings (SSSR count). The van der Waals surface area contributed by atoms with Crippen molar-refractivity contribution in [1.82, 2.24) is 15.0 Å². The summed E-state index contributed by atoms with van der Waals surface area (Å²) in [6.45, 7) is 3.44. The molecule has 0 aliphatic heterocycles. The lowest BCUT2D eigenvalue weighted by Gasteiger charge is -2.18. The van der Waals surface area contributed by atoms with Crippen LogP contribution in [0.3, 0.4) is 0 Å². The Hall–Kier alpha value is -2.71. The second kappa shape index (κ2) is 7.73. The molecule has 0 aliphatic rings. The maximum absolute atomic E-state index is 14.2. The summed E-state index contributed by atoms with van der Waals surface area (Å²) >= 11 is 2.85. The predicted molar refractivity (Wildman–Crippen MR) is 112 cm³/mol. The maximum Gasteiger partial charge on any atom is 0.230 e. The Balaban J connectivity index is 1.53. The van der Waals surface area contributed by atoms with Gasteiger partial charge in [0.25, 0.3) is 0 Å². The monoisotopic (exact) mass is 412 g/mol. The zero-order valence-electron chi connectivity index (χ0n) is 15.3. The number of aryl methyl sites for hydroxylation is 1. The zero-order chi connectivity index (χ0) is 19.7. The number of thioether (sulfide) groups is 1. The van der Waals surface area contributed by atoms with Crippen LogP contribution in [0.2, 0.25) is 0 Å². The van der Waals surface area contributed by atoms with Gasteiger partial charge in [-0.2, -0.15) is 0 Å². The van der Waals surface area contributed by atoms with Gasteiger partial charge in [-0.15, -0.1) is 11.3 Å². The Morgan fingerprint density at radius 3 is 2.86 bits per heavy atom. The van der Waals surface area contributed by atoms with Gasteiger partial charge in [0.1, 0.15) is 5.82 Å². The summed E-state index contributed by atoms with van der Waals surface area (Å²) in [7, 11) is 0. The van der Waals surface area contributed by atoms with E-state index in [1.165, 1.54) is 46.6 Å². The summed E-state index contributed by atoms with van der Waals surface area (Å²) in [4.78, 5) is 25.8. The van der Waals surface area contributed by atoms with E-state index >= 15 is 0 Å². The minimum atomic E-state index is -0.457. The number of carbonyl (C=O) groups excluding carboxylic acids is 1. The summed E-state index contributed by atoms with van der Waals surface area (Å²) in [5.41, 5.74) is 4.12. The van der Waals surface area contributed by atoms with E-state index in [-0.39, 0.29) is 11.6 Å². The molecule has 0 aliphatic carbocycles. The van der Waals surface area contributed by atoms with E-state index in [1.54, 1.807) is 18.2 Å². The minimum Gasteiger partial charge on any atom is -0.333 e. The number of halogens is 1. The van der Waals surface area contributed by atoms with Crippen molar-refractivity contribution in [3.63, 3.8) is 0 Å². The first-order valence-electron chi connectivity index (χ1n) is 8.60. The molecule has 5 nitrogen and oxygen atoms in total. The molecule has 4 aromatic rings. The summed E-state index contributed by atoms with van der Waals surface area (Å²) in [6.07, 6.45) is 0. The number of H-pyrrole nitrogens is 1. The topological polar surface area (TPSA) is 61.9 Å². The number of hydrogen-bond donors (Lipinski definition) is 1. The van der Waals surface area contributed by atoms with Crippen LogP contribution >= 0.6 is 23.1 Å². The van der Waals surface area contributed by atoms with E-state index in [2.05, 4.69) is 21.0 Å². The smallest absolute Gasteiger partial charge is 0.230 e. The second-order valence-corrected chi connectivity index (χ2v) is 8.08. The third-order valence-corrected chi connectivity index (χ3v) is 5.89. The molecule has 2 aromatic heterocycles. The average Bonchev–Trinajstić information content (AvgIpc) is 3.28. The quantitative estimate of drug-likeness (QED) is 0.443. The maximum atomic E-state index is 14.2. The highest BCUT2D eigenvalue weighted by Gasteiger charge is 2.21. The molecule has 0 atom stereocenters. The number of imidazole rings is 1. The van der Waals surface area contributed by atoms with Crippen molar-refractivity contribution in [1.29, 1.82) is 0 Å². The lowest BCUT2D eigenvalue weighted by molar-refractivity contribution is -0.115. The first kappa shape index (κ1) is 18.6. The van der Waals surface area contributed by atoms with E-state index in [4.69, 9.17) is 0 Å². The number of anilines is 2. The number of nitrogens with one attached hydrogen (secondary N) is 1. The van der Waals surface area contributed by atoms with Gasteiger partial charge in [0.05, 0.1) is 22.4 Å². The number of aromatic nitrogens is 3. The fraction of sp³-hybridized carbons (Fsp3) is 0.150. The third-order valence-electron chi connectivity index (χ3n) is 4.11. The number of carbonyl (C=O) groups is 1. The first-order chi connectivity index (χ1) is 13.5. The Morgan fingerprint density at radius 2 is 2.07 bits per heavy atom. The van der Waals surface area contributed by atoms with Crippen LogP contribution in [0.5, 0.6) is 0 Å². The number of benzene rings is 2. The number of para-hydroxylation sites is 1. The molecule has 1 amide bonds. The largest absolute Gasteiger partial charge is 0.333 e. The first-order valence-corrected chi connectivity index (χ1v) is 10.5. The highest BCUT2D eigenvalue weighted by Crippen LogP contribution is 2.32. The van der Waals surface area contributed by atoms with E-state index in [0.29, 0.717) is 10.9 Å². The van der Waals surface area contributed by atoms with Crippen LogP contribution in [-0.4, -0.2) is 20.9 Å². The molecule has 0 radical (unpaired) electrons. The van der Waals surface area contributed by atoms with Crippen LogP contribution in [0, 0.1) is 12.7 Å². The van der Waals surface area contributed by atoms with Crippen LogP contribution in [0.4, 0.5) is 15.2 Å². The van der Waals surface area contributed by atoms with E-state index in [9.17, 15) is 9.18 Å². The van der Waals surface area contributed by atoms with Gasteiger partial charge >= 0.3 is 0 Å². The molecule has 8 heteroatoms. The zero-order valence-corrected chi connectivity index (χ0v) is 16.9. The van der Waals surface area contributed by atoms with Crippen LogP contribution in [0.1, 0.15) is 18.2 Å². The number of aromatic amines is 1. The molecule has 0 unspecified atom stereocenters. The molecule has 1 N–H and O–H groups in total. The van der Waals surface area contributed by atoms with Crippen molar-refractivity contribution in [2.75, 3.05) is 4.90 Å². The van der Waals surface area contributed by atoms with Crippen LogP contribution in [0.25, 0.3) is 11.0 Å². The molecular weight excluding hydrogens is 395 g/mol. The van der Waals surface area contributed by atoms with Gasteiger partial charge in [0.2, 0.25) is 5.91 Å². The second-order valence-electron chi connectivity index (χ2n) is 6.28. The van der Waals surface area contributed by atoms with Gasteiger partial charge in [0.15, 0.2) is 10.3 Å². The summed E-state index contributed by atoms with van der Waals surface area (Å²) in [5, 5.41) is 3.15. The third kappa shape index (κ3) is 3.79. The summed E-state index contributed by atoms with van der Waals surface area (Å²) in [5.74, 6) is -0.147. The van der Waals surface area contributed by atoms with Crippen LogP contribution in [-0.2, 0) is 10.5 Å². The fourth-order valence-electron chi connectivity index (χ4n) is 2.82. The Morgan fingerprint density at radius 1 is 1.25 bits per heavy atom. The number of rotatable bonds is 5. The molecule has 142 valence electrons. The van der Waals surface area contributed by atoms with Crippen molar-refractivity contribution < 1.29 is 9.18 Å².